The van der Waals surface area contributed by atoms with Gasteiger partial charge in [0, 0.05) is 57.1 Å². The van der Waals surface area contributed by atoms with Gasteiger partial charge in [0.05, 0.1) is 17.2 Å². The number of hydrogen-bond acceptors (Lipinski definition) is 4. The second-order valence-electron chi connectivity index (χ2n) is 11.2. The molecule has 0 aliphatic carbocycles. The molecule has 1 aromatic heterocycles. The molecule has 11 heteroatoms. The molecule has 0 bridgehead atoms. The normalized spacial score (nSPS) is 17.5. The van der Waals surface area contributed by atoms with E-state index in [1.165, 1.54) is 21.9 Å². The summed E-state index contributed by atoms with van der Waals surface area (Å²) in [6, 6.07) is 18.8. The lowest BCUT2D eigenvalue weighted by Crippen LogP contribution is -2.54. The number of hydrogen-bond donors (Lipinski definition) is 2. The molecule has 1 fully saturated rings. The number of β-amino-alcohol motifs (C(OH)–C–C–N with tert-alkyl or cyclic N) is 1. The number of benzene rings is 3. The maximum absolute atomic E-state index is 13.7. The number of fused-ring (bicyclic) bond motifs is 1. The number of halogens is 3. The van der Waals surface area contributed by atoms with E-state index < -0.39 is 47.6 Å². The maximum Gasteiger partial charge on any atom is 0.416 e. The average molecular weight is 607 g/mol. The third-order valence-corrected chi connectivity index (χ3v) is 7.94. The van der Waals surface area contributed by atoms with Crippen LogP contribution < -0.4 is 5.32 Å². The Bertz CT molecular complexity index is 1650. The summed E-state index contributed by atoms with van der Waals surface area (Å²) < 4.78 is 41.2. The Balaban J connectivity index is 1.39. The highest BCUT2D eigenvalue weighted by Crippen LogP contribution is 2.30. The molecular weight excluding hydrogens is 573 g/mol. The number of likely N-dealkylation sites (N-methyl/N-ethyl adjacent to an activating group) is 1. The topological polar surface area (TPSA) is 94.9 Å². The predicted octanol–water partition coefficient (Wildman–Crippen LogP) is 4.16. The highest BCUT2D eigenvalue weighted by Gasteiger charge is 2.41. The van der Waals surface area contributed by atoms with Crippen molar-refractivity contribution < 1.29 is 32.7 Å². The summed E-state index contributed by atoms with van der Waals surface area (Å²) in [6.45, 7) is 0.179. The first kappa shape index (κ1) is 30.8. The molecule has 8 nitrogen and oxygen atoms in total. The molecule has 1 aliphatic heterocycles. The van der Waals surface area contributed by atoms with Crippen molar-refractivity contribution in [3.05, 3.63) is 107 Å². The van der Waals surface area contributed by atoms with E-state index in [0.717, 1.165) is 23.2 Å². The number of aromatic nitrogens is 1. The van der Waals surface area contributed by atoms with Gasteiger partial charge in [-0.25, -0.2) is 0 Å². The predicted molar refractivity (Wildman–Crippen MR) is 158 cm³/mol. The van der Waals surface area contributed by atoms with Crippen molar-refractivity contribution in [3.63, 3.8) is 0 Å². The first-order valence-electron chi connectivity index (χ1n) is 14.2. The van der Waals surface area contributed by atoms with Crippen LogP contribution in [0.25, 0.3) is 10.9 Å². The molecule has 3 aromatic carbocycles. The molecule has 0 radical (unpaired) electrons. The van der Waals surface area contributed by atoms with Gasteiger partial charge in [-0.15, -0.1) is 0 Å². The molecule has 5 rings (SSSR count). The zero-order chi connectivity index (χ0) is 31.6. The number of para-hydroxylation sites is 1. The Kier molecular flexibility index (Phi) is 8.78. The van der Waals surface area contributed by atoms with Crippen LogP contribution >= 0.6 is 0 Å². The largest absolute Gasteiger partial charge is 0.416 e. The lowest BCUT2D eigenvalue weighted by molar-refractivity contribution is -0.137. The fraction of sp³-hybridized carbons (Fsp3) is 0.303. The number of carbonyl (C=O) groups excluding carboxylic acids is 3. The highest BCUT2D eigenvalue weighted by atomic mass is 19.4. The molecule has 0 spiro atoms. The number of aliphatic hydroxyl groups excluding tert-OH is 1. The number of nitrogens with zero attached hydrogens (tertiary/aromatic N) is 3. The van der Waals surface area contributed by atoms with Gasteiger partial charge in [0.2, 0.25) is 11.8 Å². The number of carbonyl (C=O) groups is 3. The number of amides is 3. The van der Waals surface area contributed by atoms with Crippen LogP contribution in [0.2, 0.25) is 0 Å². The highest BCUT2D eigenvalue weighted by molar-refractivity contribution is 6.08. The van der Waals surface area contributed by atoms with E-state index in [-0.39, 0.29) is 25.9 Å². The summed E-state index contributed by atoms with van der Waals surface area (Å²) in [5.74, 6) is -1.51. The monoisotopic (exact) mass is 606 g/mol. The van der Waals surface area contributed by atoms with Crippen molar-refractivity contribution in [2.45, 2.75) is 43.8 Å². The average Bonchev–Trinajstić information content (AvgIpc) is 3.56. The second kappa shape index (κ2) is 12.5. The molecule has 0 saturated carbocycles. The van der Waals surface area contributed by atoms with Gasteiger partial charge in [-0.05, 0) is 29.3 Å². The standard InChI is InChI=1S/C33H33F3N4O4/c1-38-20-26(25-10-6-7-11-28(25)38)31(43)40-19-24(41)17-29(40)30(42)37-27(16-21-12-14-23(15-13-21)33(34,35)36)32(44)39(2)18-22-8-4-3-5-9-22/h3-15,20,24,27,29,41H,16-19H2,1-2H3,(H,37,42)/t24-,27+,29+/m1/s1. The SMILES string of the molecule is CN(Cc1ccccc1)C(=O)[C@H](Cc1ccc(C(F)(F)F)cc1)NC(=O)[C@@H]1C[C@@H](O)CN1C(=O)c1cn(C)c2ccccc12. The minimum absolute atomic E-state index is 0.0244. The van der Waals surface area contributed by atoms with E-state index in [4.69, 9.17) is 0 Å². The van der Waals surface area contributed by atoms with Crippen LogP contribution in [0, 0.1) is 0 Å². The third kappa shape index (κ3) is 6.62. The quantitative estimate of drug-likeness (QED) is 0.315. The van der Waals surface area contributed by atoms with Crippen molar-refractivity contribution in [2.24, 2.45) is 7.05 Å². The molecule has 0 unspecified atom stereocenters. The lowest BCUT2D eigenvalue weighted by atomic mass is 10.0. The first-order chi connectivity index (χ1) is 20.9. The van der Waals surface area contributed by atoms with Gasteiger partial charge in [0.1, 0.15) is 12.1 Å². The van der Waals surface area contributed by atoms with Gasteiger partial charge < -0.3 is 24.8 Å². The number of alkyl halides is 3. The minimum atomic E-state index is -4.51. The maximum atomic E-state index is 13.7. The second-order valence-corrected chi connectivity index (χ2v) is 11.2. The fourth-order valence-electron chi connectivity index (χ4n) is 5.69. The zero-order valence-corrected chi connectivity index (χ0v) is 24.3. The number of likely N-dealkylation sites (tertiary alicyclic amines) is 1. The Morgan fingerprint density at radius 3 is 2.32 bits per heavy atom. The first-order valence-corrected chi connectivity index (χ1v) is 14.2. The van der Waals surface area contributed by atoms with Crippen molar-refractivity contribution in [1.82, 2.24) is 19.7 Å². The van der Waals surface area contributed by atoms with E-state index >= 15 is 0 Å². The number of rotatable bonds is 8. The molecule has 1 aliphatic rings. The van der Waals surface area contributed by atoms with Crippen LogP contribution in [0.1, 0.15) is 33.5 Å². The molecule has 3 atom stereocenters. The smallest absolute Gasteiger partial charge is 0.391 e. The van der Waals surface area contributed by atoms with Crippen LogP contribution in [-0.4, -0.2) is 69.0 Å². The minimum Gasteiger partial charge on any atom is -0.391 e. The summed E-state index contributed by atoms with van der Waals surface area (Å²) >= 11 is 0. The van der Waals surface area contributed by atoms with Crippen molar-refractivity contribution >= 4 is 28.6 Å². The van der Waals surface area contributed by atoms with Crippen LogP contribution in [0.5, 0.6) is 0 Å². The van der Waals surface area contributed by atoms with Gasteiger partial charge in [-0.2, -0.15) is 13.2 Å². The van der Waals surface area contributed by atoms with Gasteiger partial charge in [-0.3, -0.25) is 14.4 Å². The van der Waals surface area contributed by atoms with E-state index in [9.17, 15) is 32.7 Å². The summed E-state index contributed by atoms with van der Waals surface area (Å²) in [5, 5.41) is 14.0. The Morgan fingerprint density at radius 2 is 1.64 bits per heavy atom. The molecule has 2 N–H and O–H groups in total. The fourth-order valence-corrected chi connectivity index (χ4v) is 5.69. The Hall–Kier alpha value is -4.64. The molecule has 4 aromatic rings. The van der Waals surface area contributed by atoms with E-state index in [2.05, 4.69) is 5.32 Å². The summed E-state index contributed by atoms with van der Waals surface area (Å²) in [7, 11) is 3.39. The lowest BCUT2D eigenvalue weighted by Gasteiger charge is -2.28. The molecule has 2 heterocycles. The van der Waals surface area contributed by atoms with E-state index in [0.29, 0.717) is 16.5 Å². The van der Waals surface area contributed by atoms with Gasteiger partial charge in [0.15, 0.2) is 0 Å². The summed E-state index contributed by atoms with van der Waals surface area (Å²) in [6.07, 6.45) is -3.88. The molecular formula is C33H33F3N4O4. The molecule has 230 valence electrons. The van der Waals surface area contributed by atoms with Gasteiger partial charge in [-0.1, -0.05) is 60.7 Å². The van der Waals surface area contributed by atoms with Crippen LogP contribution in [-0.2, 0) is 35.8 Å². The van der Waals surface area contributed by atoms with Gasteiger partial charge in [0.25, 0.3) is 5.91 Å². The number of nitrogens with one attached hydrogen (secondary N) is 1. The Morgan fingerprint density at radius 1 is 0.977 bits per heavy atom. The molecule has 44 heavy (non-hydrogen) atoms. The van der Waals surface area contributed by atoms with Crippen molar-refractivity contribution in [3.8, 4) is 0 Å². The molecule has 3 amide bonds. The van der Waals surface area contributed by atoms with Crippen molar-refractivity contribution in [2.75, 3.05) is 13.6 Å². The summed E-state index contributed by atoms with van der Waals surface area (Å²) in [4.78, 5) is 43.9. The molecule has 1 saturated heterocycles. The van der Waals surface area contributed by atoms with E-state index in [1.807, 2.05) is 66.2 Å². The zero-order valence-electron chi connectivity index (χ0n) is 24.3. The number of aliphatic hydroxyl groups is 1. The van der Waals surface area contributed by atoms with Crippen LogP contribution in [0.15, 0.2) is 85.1 Å². The Labute approximate surface area is 252 Å². The van der Waals surface area contributed by atoms with E-state index in [1.54, 1.807) is 13.2 Å². The number of aryl methyl sites for hydroxylation is 1. The van der Waals surface area contributed by atoms with Gasteiger partial charge >= 0.3 is 6.18 Å². The van der Waals surface area contributed by atoms with Crippen LogP contribution in [0.4, 0.5) is 13.2 Å². The van der Waals surface area contributed by atoms with Crippen LogP contribution in [0.3, 0.4) is 0 Å². The third-order valence-electron chi connectivity index (χ3n) is 7.94. The summed E-state index contributed by atoms with van der Waals surface area (Å²) in [5.41, 5.74) is 1.67. The van der Waals surface area contributed by atoms with Crippen molar-refractivity contribution in [1.29, 1.82) is 0 Å².